The summed E-state index contributed by atoms with van der Waals surface area (Å²) in [4.78, 5) is 14.1. The number of unbranched alkanes of at least 4 members (excludes halogenated alkanes) is 2. The molecule has 0 saturated heterocycles. The molecular formula is C12H23N4O5P. The quantitative estimate of drug-likeness (QED) is 0.155. The van der Waals surface area contributed by atoms with Crippen LogP contribution in [0.15, 0.2) is 5.11 Å². The van der Waals surface area contributed by atoms with Gasteiger partial charge in [0.2, 0.25) is 5.91 Å². The Morgan fingerprint density at radius 2 is 2.14 bits per heavy atom. The van der Waals surface area contributed by atoms with Gasteiger partial charge in [-0.2, -0.15) is 0 Å². The third kappa shape index (κ3) is 15.2. The highest BCUT2D eigenvalue weighted by molar-refractivity contribution is 7.17. The predicted molar refractivity (Wildman–Crippen MR) is 80.5 cm³/mol. The van der Waals surface area contributed by atoms with E-state index >= 15 is 0 Å². The lowest BCUT2D eigenvalue weighted by Gasteiger charge is -2.09. The number of aliphatic hydroxyl groups is 1. The van der Waals surface area contributed by atoms with Crippen molar-refractivity contribution in [1.29, 1.82) is 0 Å². The van der Waals surface area contributed by atoms with Crippen LogP contribution < -0.4 is 5.32 Å². The third-order valence-corrected chi connectivity index (χ3v) is 2.90. The van der Waals surface area contributed by atoms with E-state index < -0.39 is 14.8 Å². The number of rotatable bonds is 15. The summed E-state index contributed by atoms with van der Waals surface area (Å²) in [6, 6.07) is 0. The molecular weight excluding hydrogens is 311 g/mol. The van der Waals surface area contributed by atoms with Crippen LogP contribution in [-0.2, 0) is 18.6 Å². The van der Waals surface area contributed by atoms with Crippen LogP contribution in [0.2, 0.25) is 0 Å². The van der Waals surface area contributed by atoms with Gasteiger partial charge < -0.3 is 15.2 Å². The highest BCUT2D eigenvalue weighted by atomic mass is 31.1. The SMILES string of the molecule is [N-]=[N+]=NCCCCCC(=O)NCCCOCC(O)COP=O. The first-order valence-electron chi connectivity index (χ1n) is 7.18. The van der Waals surface area contributed by atoms with Crippen LogP contribution in [0.4, 0.5) is 0 Å². The molecule has 0 fully saturated rings. The molecule has 0 aliphatic rings. The molecule has 0 rings (SSSR count). The van der Waals surface area contributed by atoms with Crippen LogP contribution in [0, 0.1) is 0 Å². The largest absolute Gasteiger partial charge is 0.388 e. The Balaban J connectivity index is 3.31. The molecule has 0 aromatic heterocycles. The van der Waals surface area contributed by atoms with Crippen LogP contribution in [-0.4, -0.2) is 50.0 Å². The van der Waals surface area contributed by atoms with Crippen LogP contribution in [0.1, 0.15) is 32.1 Å². The molecule has 0 aliphatic carbocycles. The average molecular weight is 334 g/mol. The zero-order valence-electron chi connectivity index (χ0n) is 12.5. The number of hydrogen-bond donors (Lipinski definition) is 2. The molecule has 1 atom stereocenters. The van der Waals surface area contributed by atoms with Gasteiger partial charge in [-0.05, 0) is 24.8 Å². The lowest BCUT2D eigenvalue weighted by atomic mass is 10.2. The fourth-order valence-corrected chi connectivity index (χ4v) is 1.80. The summed E-state index contributed by atoms with van der Waals surface area (Å²) < 4.78 is 19.7. The number of nitrogens with one attached hydrogen (secondary N) is 1. The van der Waals surface area contributed by atoms with Gasteiger partial charge in [0.25, 0.3) is 0 Å². The summed E-state index contributed by atoms with van der Waals surface area (Å²) in [6.45, 7) is 1.47. The van der Waals surface area contributed by atoms with E-state index in [1.807, 2.05) is 0 Å². The number of hydrogen-bond acceptors (Lipinski definition) is 6. The van der Waals surface area contributed by atoms with E-state index in [0.717, 1.165) is 19.3 Å². The molecule has 0 heterocycles. The van der Waals surface area contributed by atoms with Crippen molar-refractivity contribution in [2.24, 2.45) is 5.11 Å². The second kappa shape index (κ2) is 16.1. The van der Waals surface area contributed by atoms with E-state index in [4.69, 9.17) is 10.3 Å². The Bertz CT molecular complexity index is 352. The summed E-state index contributed by atoms with van der Waals surface area (Å²) in [5, 5.41) is 15.5. The maximum Gasteiger partial charge on any atom is 0.327 e. The maximum atomic E-state index is 11.5. The number of amides is 1. The summed E-state index contributed by atoms with van der Waals surface area (Å²) in [5.41, 5.74) is 8.09. The second-order valence-electron chi connectivity index (χ2n) is 4.57. The molecule has 22 heavy (non-hydrogen) atoms. The molecule has 126 valence electrons. The molecule has 2 N–H and O–H groups in total. The van der Waals surface area contributed by atoms with E-state index in [1.165, 1.54) is 0 Å². The summed E-state index contributed by atoms with van der Waals surface area (Å²) in [6.07, 6.45) is 2.73. The highest BCUT2D eigenvalue weighted by Gasteiger charge is 2.04. The number of aliphatic hydroxyl groups excluding tert-OH is 1. The summed E-state index contributed by atoms with van der Waals surface area (Å²) in [5.74, 6) is -0.00771. The molecule has 0 radical (unpaired) electrons. The molecule has 0 aromatic carbocycles. The van der Waals surface area contributed by atoms with Crippen molar-refractivity contribution < 1.29 is 23.7 Å². The van der Waals surface area contributed by atoms with Crippen LogP contribution in [0.3, 0.4) is 0 Å². The van der Waals surface area contributed by atoms with Gasteiger partial charge >= 0.3 is 8.69 Å². The van der Waals surface area contributed by atoms with E-state index in [-0.39, 0.29) is 19.1 Å². The van der Waals surface area contributed by atoms with Crippen molar-refractivity contribution in [1.82, 2.24) is 5.32 Å². The zero-order valence-corrected chi connectivity index (χ0v) is 13.4. The fourth-order valence-electron chi connectivity index (χ4n) is 1.56. The van der Waals surface area contributed by atoms with Crippen molar-refractivity contribution in [3.05, 3.63) is 10.4 Å². The number of ether oxygens (including phenoxy) is 1. The number of nitrogens with zero attached hydrogens (tertiary/aromatic N) is 3. The lowest BCUT2D eigenvalue weighted by Crippen LogP contribution is -2.26. The van der Waals surface area contributed by atoms with Gasteiger partial charge in [0.1, 0.15) is 6.10 Å². The molecule has 1 amide bonds. The normalized spacial score (nSPS) is 11.9. The number of carbonyl (C=O) groups excluding carboxylic acids is 1. The van der Waals surface area contributed by atoms with E-state index in [1.54, 1.807) is 0 Å². The summed E-state index contributed by atoms with van der Waals surface area (Å²) in [7, 11) is -0.462. The van der Waals surface area contributed by atoms with Crippen molar-refractivity contribution >= 4 is 14.6 Å². The Kier molecular flexibility index (Phi) is 15.2. The van der Waals surface area contributed by atoms with E-state index in [2.05, 4.69) is 19.9 Å². The van der Waals surface area contributed by atoms with Crippen molar-refractivity contribution in [3.63, 3.8) is 0 Å². The molecule has 0 bridgehead atoms. The molecule has 10 heteroatoms. The van der Waals surface area contributed by atoms with Crippen LogP contribution in [0.5, 0.6) is 0 Å². The summed E-state index contributed by atoms with van der Waals surface area (Å²) >= 11 is 0. The van der Waals surface area contributed by atoms with Gasteiger partial charge in [-0.1, -0.05) is 11.5 Å². The zero-order chi connectivity index (χ0) is 16.5. The monoisotopic (exact) mass is 334 g/mol. The van der Waals surface area contributed by atoms with Crippen LogP contribution >= 0.6 is 8.69 Å². The van der Waals surface area contributed by atoms with Crippen molar-refractivity contribution in [2.45, 2.75) is 38.2 Å². The van der Waals surface area contributed by atoms with Gasteiger partial charge in [0.15, 0.2) is 0 Å². The number of carbonyl (C=O) groups is 1. The topological polar surface area (TPSA) is 134 Å². The Morgan fingerprint density at radius 3 is 2.86 bits per heavy atom. The lowest BCUT2D eigenvalue weighted by molar-refractivity contribution is -0.121. The van der Waals surface area contributed by atoms with Gasteiger partial charge in [-0.15, -0.1) is 0 Å². The average Bonchev–Trinajstić information content (AvgIpc) is 2.52. The maximum absolute atomic E-state index is 11.5. The molecule has 0 spiro atoms. The predicted octanol–water partition coefficient (Wildman–Crippen LogP) is 1.96. The first-order valence-corrected chi connectivity index (χ1v) is 7.91. The van der Waals surface area contributed by atoms with Crippen LogP contribution in [0.25, 0.3) is 10.4 Å². The molecule has 9 nitrogen and oxygen atoms in total. The Hall–Kier alpha value is -1.24. The third-order valence-electron chi connectivity index (χ3n) is 2.64. The minimum atomic E-state index is -0.804. The first-order chi connectivity index (χ1) is 10.7. The Labute approximate surface area is 131 Å². The van der Waals surface area contributed by atoms with Crippen molar-refractivity contribution in [2.75, 3.05) is 32.9 Å². The van der Waals surface area contributed by atoms with Gasteiger partial charge in [-0.25, -0.2) is 4.57 Å². The van der Waals surface area contributed by atoms with Gasteiger partial charge in [-0.3, -0.25) is 9.32 Å². The molecule has 0 aliphatic heterocycles. The molecule has 1 unspecified atom stereocenters. The van der Waals surface area contributed by atoms with Crippen molar-refractivity contribution in [3.8, 4) is 0 Å². The van der Waals surface area contributed by atoms with E-state index in [9.17, 15) is 14.5 Å². The minimum absolute atomic E-state index is 0.00771. The second-order valence-corrected chi connectivity index (χ2v) is 4.97. The fraction of sp³-hybridized carbons (Fsp3) is 0.917. The van der Waals surface area contributed by atoms with E-state index in [0.29, 0.717) is 32.5 Å². The molecule has 0 saturated carbocycles. The first kappa shape index (κ1) is 20.8. The number of azide groups is 1. The van der Waals surface area contributed by atoms with Gasteiger partial charge in [0, 0.05) is 31.0 Å². The highest BCUT2D eigenvalue weighted by Crippen LogP contribution is 2.00. The Morgan fingerprint density at radius 1 is 1.32 bits per heavy atom. The molecule has 0 aromatic rings. The van der Waals surface area contributed by atoms with Gasteiger partial charge in [0.05, 0.1) is 13.2 Å². The minimum Gasteiger partial charge on any atom is -0.388 e. The standard InChI is InChI=1S/C12H23N4O5P/c13-16-15-7-3-1-2-5-12(18)14-6-4-8-20-9-11(17)10-21-22-19/h11,17H,1-10H2,(H,14,18). The smallest absolute Gasteiger partial charge is 0.327 e.